The number of rotatable bonds is 6. The van der Waals surface area contributed by atoms with Crippen LogP contribution in [0.2, 0.25) is 0 Å². The van der Waals surface area contributed by atoms with Gasteiger partial charge in [0.05, 0.1) is 19.7 Å². The average Bonchev–Trinajstić information content (AvgIpc) is 2.94. The number of hydrogen-bond donors (Lipinski definition) is 2. The molecule has 0 saturated carbocycles. The smallest absolute Gasteiger partial charge is 0.309 e. The van der Waals surface area contributed by atoms with E-state index in [0.29, 0.717) is 5.69 Å². The molecule has 0 saturated heterocycles. The lowest BCUT2D eigenvalue weighted by Gasteiger charge is -2.15. The molecule has 122 valence electrons. The minimum atomic E-state index is -0.507. The summed E-state index contributed by atoms with van der Waals surface area (Å²) in [7, 11) is 4.86. The van der Waals surface area contributed by atoms with Gasteiger partial charge in [0.15, 0.2) is 0 Å². The van der Waals surface area contributed by atoms with Gasteiger partial charge in [-0.1, -0.05) is 12.1 Å². The van der Waals surface area contributed by atoms with Crippen molar-refractivity contribution in [1.82, 2.24) is 15.1 Å². The van der Waals surface area contributed by atoms with Crippen molar-refractivity contribution < 1.29 is 14.3 Å². The number of benzene rings is 1. The number of amides is 1. The Hall–Kier alpha value is -2.67. The minimum Gasteiger partial charge on any atom is -0.469 e. The van der Waals surface area contributed by atoms with Crippen LogP contribution in [0.4, 0.5) is 5.69 Å². The standard InChI is InChI=1S/C16H20N4O3/c1-17-15(12-9-18-20(2)10-12)16(22)19-13-6-4-5-11(7-13)8-14(21)23-3/h4-7,9-10,15,17H,8H2,1-3H3,(H,19,22). The first-order valence-electron chi connectivity index (χ1n) is 7.16. The van der Waals surface area contributed by atoms with E-state index in [4.69, 9.17) is 0 Å². The lowest BCUT2D eigenvalue weighted by atomic mass is 10.1. The molecule has 1 unspecified atom stereocenters. The number of nitrogens with zero attached hydrogens (tertiary/aromatic N) is 2. The predicted octanol–water partition coefficient (Wildman–Crippen LogP) is 1.03. The van der Waals surface area contributed by atoms with Crippen LogP contribution in [0.5, 0.6) is 0 Å². The van der Waals surface area contributed by atoms with Gasteiger partial charge in [-0.2, -0.15) is 5.10 Å². The third-order valence-electron chi connectivity index (χ3n) is 3.38. The van der Waals surface area contributed by atoms with E-state index in [1.54, 1.807) is 49.4 Å². The number of anilines is 1. The Morgan fingerprint density at radius 1 is 1.39 bits per heavy atom. The van der Waals surface area contributed by atoms with Gasteiger partial charge < -0.3 is 15.4 Å². The highest BCUT2D eigenvalue weighted by Gasteiger charge is 2.20. The maximum absolute atomic E-state index is 12.4. The number of carbonyl (C=O) groups is 2. The summed E-state index contributed by atoms with van der Waals surface area (Å²) >= 11 is 0. The number of esters is 1. The number of likely N-dealkylation sites (N-methyl/N-ethyl adjacent to an activating group) is 1. The number of aromatic nitrogens is 2. The highest BCUT2D eigenvalue weighted by atomic mass is 16.5. The monoisotopic (exact) mass is 316 g/mol. The minimum absolute atomic E-state index is 0.165. The highest BCUT2D eigenvalue weighted by Crippen LogP contribution is 2.16. The number of hydrogen-bond acceptors (Lipinski definition) is 5. The zero-order valence-corrected chi connectivity index (χ0v) is 13.4. The molecule has 23 heavy (non-hydrogen) atoms. The topological polar surface area (TPSA) is 85.2 Å². The first-order valence-corrected chi connectivity index (χ1v) is 7.16. The quantitative estimate of drug-likeness (QED) is 0.778. The van der Waals surface area contributed by atoms with Crippen molar-refractivity contribution >= 4 is 17.6 Å². The van der Waals surface area contributed by atoms with Crippen molar-refractivity contribution in [3.05, 3.63) is 47.8 Å². The third-order valence-corrected chi connectivity index (χ3v) is 3.38. The van der Waals surface area contributed by atoms with E-state index >= 15 is 0 Å². The Morgan fingerprint density at radius 2 is 2.17 bits per heavy atom. The lowest BCUT2D eigenvalue weighted by molar-refractivity contribution is -0.139. The van der Waals surface area contributed by atoms with Gasteiger partial charge >= 0.3 is 5.97 Å². The zero-order chi connectivity index (χ0) is 16.8. The number of aryl methyl sites for hydroxylation is 1. The number of ether oxygens (including phenoxy) is 1. The molecule has 0 aliphatic rings. The molecule has 0 aliphatic carbocycles. The van der Waals surface area contributed by atoms with Gasteiger partial charge in [0, 0.05) is 24.5 Å². The summed E-state index contributed by atoms with van der Waals surface area (Å²) in [5.41, 5.74) is 2.18. The number of carbonyl (C=O) groups excluding carboxylic acids is 2. The summed E-state index contributed by atoms with van der Waals surface area (Å²) in [6.45, 7) is 0. The largest absolute Gasteiger partial charge is 0.469 e. The summed E-state index contributed by atoms with van der Waals surface area (Å²) < 4.78 is 6.29. The lowest BCUT2D eigenvalue weighted by Crippen LogP contribution is -2.30. The van der Waals surface area contributed by atoms with Crippen LogP contribution in [-0.2, 0) is 27.8 Å². The molecule has 7 nitrogen and oxygen atoms in total. The van der Waals surface area contributed by atoms with Crippen LogP contribution in [0.25, 0.3) is 0 Å². The van der Waals surface area contributed by atoms with Crippen molar-refractivity contribution in [2.45, 2.75) is 12.5 Å². The maximum atomic E-state index is 12.4. The predicted molar refractivity (Wildman–Crippen MR) is 85.8 cm³/mol. The van der Waals surface area contributed by atoms with Crippen LogP contribution in [0.3, 0.4) is 0 Å². The molecule has 0 spiro atoms. The highest BCUT2D eigenvalue weighted by molar-refractivity contribution is 5.95. The molecule has 7 heteroatoms. The Morgan fingerprint density at radius 3 is 2.78 bits per heavy atom. The van der Waals surface area contributed by atoms with Crippen LogP contribution >= 0.6 is 0 Å². The van der Waals surface area contributed by atoms with Crippen molar-refractivity contribution in [3.8, 4) is 0 Å². The SMILES string of the molecule is CNC(C(=O)Nc1cccc(CC(=O)OC)c1)c1cnn(C)c1. The Bertz CT molecular complexity index is 696. The molecular formula is C16H20N4O3. The van der Waals surface area contributed by atoms with Gasteiger partial charge in [-0.05, 0) is 24.7 Å². The van der Waals surface area contributed by atoms with E-state index < -0.39 is 6.04 Å². The second-order valence-corrected chi connectivity index (χ2v) is 5.11. The van der Waals surface area contributed by atoms with Crippen LogP contribution < -0.4 is 10.6 Å². The van der Waals surface area contributed by atoms with Gasteiger partial charge in [0.25, 0.3) is 0 Å². The maximum Gasteiger partial charge on any atom is 0.309 e. The Kier molecular flexibility index (Phi) is 5.48. The van der Waals surface area contributed by atoms with Crippen LogP contribution in [0, 0.1) is 0 Å². The fourth-order valence-corrected chi connectivity index (χ4v) is 2.25. The zero-order valence-electron chi connectivity index (χ0n) is 13.4. The molecule has 2 N–H and O–H groups in total. The molecule has 2 rings (SSSR count). The molecule has 1 amide bonds. The van der Waals surface area contributed by atoms with Crippen molar-refractivity contribution in [1.29, 1.82) is 0 Å². The first-order chi connectivity index (χ1) is 11.0. The van der Waals surface area contributed by atoms with E-state index in [-0.39, 0.29) is 18.3 Å². The number of methoxy groups -OCH3 is 1. The molecule has 0 aliphatic heterocycles. The van der Waals surface area contributed by atoms with E-state index in [1.165, 1.54) is 7.11 Å². The van der Waals surface area contributed by atoms with E-state index in [2.05, 4.69) is 20.5 Å². The molecule has 1 aromatic heterocycles. The third kappa shape index (κ3) is 4.40. The summed E-state index contributed by atoms with van der Waals surface area (Å²) in [4.78, 5) is 23.8. The first kappa shape index (κ1) is 16.7. The summed E-state index contributed by atoms with van der Waals surface area (Å²) in [5.74, 6) is -0.521. The molecule has 1 heterocycles. The summed E-state index contributed by atoms with van der Waals surface area (Å²) in [5, 5.41) is 9.89. The van der Waals surface area contributed by atoms with Crippen molar-refractivity contribution in [2.24, 2.45) is 7.05 Å². The Labute approximate surface area is 134 Å². The number of nitrogens with one attached hydrogen (secondary N) is 2. The van der Waals surface area contributed by atoms with Crippen LogP contribution in [0.15, 0.2) is 36.7 Å². The summed E-state index contributed by atoms with van der Waals surface area (Å²) in [6, 6.07) is 6.61. The van der Waals surface area contributed by atoms with Gasteiger partial charge in [-0.3, -0.25) is 14.3 Å². The van der Waals surface area contributed by atoms with E-state index in [0.717, 1.165) is 11.1 Å². The van der Waals surface area contributed by atoms with E-state index in [1.807, 2.05) is 6.07 Å². The molecule has 1 atom stereocenters. The second kappa shape index (κ2) is 7.55. The molecule has 1 aromatic carbocycles. The van der Waals surface area contributed by atoms with Crippen molar-refractivity contribution in [3.63, 3.8) is 0 Å². The van der Waals surface area contributed by atoms with Crippen LogP contribution in [-0.4, -0.2) is 35.8 Å². The van der Waals surface area contributed by atoms with Gasteiger partial charge in [0.1, 0.15) is 6.04 Å². The van der Waals surface area contributed by atoms with Crippen molar-refractivity contribution in [2.75, 3.05) is 19.5 Å². The molecule has 0 bridgehead atoms. The summed E-state index contributed by atoms with van der Waals surface area (Å²) in [6.07, 6.45) is 3.60. The van der Waals surface area contributed by atoms with E-state index in [9.17, 15) is 9.59 Å². The average molecular weight is 316 g/mol. The fourth-order valence-electron chi connectivity index (χ4n) is 2.25. The van der Waals surface area contributed by atoms with Gasteiger partial charge in [-0.15, -0.1) is 0 Å². The van der Waals surface area contributed by atoms with Gasteiger partial charge in [0.2, 0.25) is 5.91 Å². The van der Waals surface area contributed by atoms with Crippen LogP contribution in [0.1, 0.15) is 17.2 Å². The molecule has 0 radical (unpaired) electrons. The fraction of sp³-hybridized carbons (Fsp3) is 0.312. The second-order valence-electron chi connectivity index (χ2n) is 5.11. The normalized spacial score (nSPS) is 11.8. The van der Waals surface area contributed by atoms with Gasteiger partial charge in [-0.25, -0.2) is 0 Å². The molecule has 0 fully saturated rings. The molecular weight excluding hydrogens is 296 g/mol. The Balaban J connectivity index is 2.09. The molecule has 2 aromatic rings.